The van der Waals surface area contributed by atoms with Crippen molar-refractivity contribution in [2.75, 3.05) is 37.5 Å². The van der Waals surface area contributed by atoms with Gasteiger partial charge in [0, 0.05) is 42.0 Å². The van der Waals surface area contributed by atoms with Crippen LogP contribution in [-0.2, 0) is 4.79 Å². The van der Waals surface area contributed by atoms with Crippen LogP contribution in [0.1, 0.15) is 26.3 Å². The lowest BCUT2D eigenvalue weighted by Crippen LogP contribution is -2.36. The van der Waals surface area contributed by atoms with Crippen molar-refractivity contribution in [3.05, 3.63) is 65.1 Å². The van der Waals surface area contributed by atoms with Gasteiger partial charge in [-0.25, -0.2) is 4.39 Å². The zero-order valence-corrected chi connectivity index (χ0v) is 21.7. The van der Waals surface area contributed by atoms with Crippen LogP contribution in [0.15, 0.2) is 48.7 Å². The number of amides is 1. The van der Waals surface area contributed by atoms with Crippen molar-refractivity contribution in [3.63, 3.8) is 0 Å². The van der Waals surface area contributed by atoms with Crippen molar-refractivity contribution in [3.8, 4) is 11.8 Å². The molecule has 0 spiro atoms. The molecule has 7 nitrogen and oxygen atoms in total. The zero-order chi connectivity index (χ0) is 26.4. The van der Waals surface area contributed by atoms with Gasteiger partial charge in [-0.1, -0.05) is 17.7 Å². The Bertz CT molecular complexity index is 1330. The average Bonchev–Trinajstić information content (AvgIpc) is 2.82. The number of carbonyl (C=O) groups is 1. The fourth-order valence-electron chi connectivity index (χ4n) is 3.70. The molecule has 0 fully saturated rings. The van der Waals surface area contributed by atoms with Crippen molar-refractivity contribution >= 4 is 45.5 Å². The van der Waals surface area contributed by atoms with E-state index in [4.69, 9.17) is 16.3 Å². The summed E-state index contributed by atoms with van der Waals surface area (Å²) >= 11 is 5.96. The number of nitrogens with zero attached hydrogens (tertiary/aromatic N) is 4. The number of ether oxygens (including phenoxy) is 1. The van der Waals surface area contributed by atoms with Crippen LogP contribution in [0.2, 0.25) is 5.02 Å². The predicted octanol–water partition coefficient (Wildman–Crippen LogP) is 5.90. The molecule has 0 radical (unpaired) electrons. The van der Waals surface area contributed by atoms with Crippen LogP contribution in [0.5, 0.6) is 5.75 Å². The number of halogens is 2. The minimum Gasteiger partial charge on any atom is -0.492 e. The number of carbonyl (C=O) groups excluding carboxylic acids is 1. The minimum absolute atomic E-state index is 0.0442. The third-order valence-corrected chi connectivity index (χ3v) is 5.59. The van der Waals surface area contributed by atoms with Gasteiger partial charge in [-0.3, -0.25) is 9.78 Å². The molecule has 0 aliphatic carbocycles. The molecule has 188 valence electrons. The fraction of sp³-hybridized carbons (Fsp3) is 0.296. The number of aromatic nitrogens is 1. The highest BCUT2D eigenvalue weighted by Crippen LogP contribution is 2.39. The van der Waals surface area contributed by atoms with E-state index in [1.54, 1.807) is 29.2 Å². The number of hydrogen-bond acceptors (Lipinski definition) is 6. The Labute approximate surface area is 215 Å². The summed E-state index contributed by atoms with van der Waals surface area (Å²) in [5.74, 6) is -0.239. The number of hydrogen-bond donors (Lipinski definition) is 1. The molecular weight excluding hydrogens is 481 g/mol. The summed E-state index contributed by atoms with van der Waals surface area (Å²) in [5, 5.41) is 13.5. The molecule has 0 atom stereocenters. The Morgan fingerprint density at radius 3 is 2.67 bits per heavy atom. The minimum atomic E-state index is -0.542. The van der Waals surface area contributed by atoms with Gasteiger partial charge >= 0.3 is 0 Å². The summed E-state index contributed by atoms with van der Waals surface area (Å²) in [7, 11) is 3.85. The van der Waals surface area contributed by atoms with Gasteiger partial charge in [-0.05, 0) is 59.1 Å². The van der Waals surface area contributed by atoms with E-state index in [0.29, 0.717) is 46.9 Å². The number of pyridine rings is 1. The predicted molar refractivity (Wildman–Crippen MR) is 143 cm³/mol. The SMILES string of the molecule is CCOc1cc2ncc(C#N)c(Nc3ccc(F)c(Cl)c3)c2cc1N(C(=O)/C=C/CN(C)C)C(C)C. The molecule has 0 saturated carbocycles. The van der Waals surface area contributed by atoms with E-state index in [9.17, 15) is 14.4 Å². The standard InChI is InChI=1S/C27H29ClFN5O2/c1-6-36-25-14-23-20(13-24(25)34(17(2)3)26(35)8-7-11-33(4)5)27(18(15-30)16-31-23)32-19-9-10-22(29)21(28)12-19/h7-10,12-14,16-17H,6,11H2,1-5H3,(H,31,32)/b8-7+. The van der Waals surface area contributed by atoms with Gasteiger partial charge in [-0.15, -0.1) is 0 Å². The van der Waals surface area contributed by atoms with E-state index in [2.05, 4.69) is 16.4 Å². The van der Waals surface area contributed by atoms with E-state index in [1.807, 2.05) is 39.8 Å². The lowest BCUT2D eigenvalue weighted by molar-refractivity contribution is -0.114. The molecule has 3 rings (SSSR count). The smallest absolute Gasteiger partial charge is 0.251 e. The van der Waals surface area contributed by atoms with Crippen molar-refractivity contribution in [2.45, 2.75) is 26.8 Å². The maximum atomic E-state index is 13.7. The third-order valence-electron chi connectivity index (χ3n) is 5.30. The van der Waals surface area contributed by atoms with E-state index >= 15 is 0 Å². The maximum absolute atomic E-state index is 13.7. The van der Waals surface area contributed by atoms with E-state index in [0.717, 1.165) is 0 Å². The molecule has 1 aromatic heterocycles. The van der Waals surface area contributed by atoms with Crippen molar-refractivity contribution in [1.29, 1.82) is 5.26 Å². The second-order valence-electron chi connectivity index (χ2n) is 8.65. The molecule has 36 heavy (non-hydrogen) atoms. The van der Waals surface area contributed by atoms with Gasteiger partial charge in [0.1, 0.15) is 17.6 Å². The molecule has 0 aliphatic rings. The van der Waals surface area contributed by atoms with Crippen LogP contribution in [0.3, 0.4) is 0 Å². The Kier molecular flexibility index (Phi) is 8.86. The lowest BCUT2D eigenvalue weighted by Gasteiger charge is -2.28. The van der Waals surface area contributed by atoms with Crippen LogP contribution < -0.4 is 15.0 Å². The Balaban J connectivity index is 2.21. The molecule has 0 saturated heterocycles. The van der Waals surface area contributed by atoms with Crippen molar-refractivity contribution in [1.82, 2.24) is 9.88 Å². The monoisotopic (exact) mass is 509 g/mol. The largest absolute Gasteiger partial charge is 0.492 e. The van der Waals surface area contributed by atoms with Gasteiger partial charge in [0.15, 0.2) is 0 Å². The first-order chi connectivity index (χ1) is 17.2. The van der Waals surface area contributed by atoms with Gasteiger partial charge < -0.3 is 19.9 Å². The van der Waals surface area contributed by atoms with Crippen molar-refractivity contribution < 1.29 is 13.9 Å². The Morgan fingerprint density at radius 1 is 1.31 bits per heavy atom. The average molecular weight is 510 g/mol. The van der Waals surface area contributed by atoms with Crippen LogP contribution >= 0.6 is 11.6 Å². The fourth-order valence-corrected chi connectivity index (χ4v) is 3.88. The summed E-state index contributed by atoms with van der Waals surface area (Å²) in [6.07, 6.45) is 4.81. The number of rotatable bonds is 9. The van der Waals surface area contributed by atoms with E-state index in [1.165, 1.54) is 24.4 Å². The molecule has 0 unspecified atom stereocenters. The summed E-state index contributed by atoms with van der Waals surface area (Å²) in [5.41, 5.74) is 2.37. The lowest BCUT2D eigenvalue weighted by atomic mass is 10.1. The molecule has 1 heterocycles. The number of nitriles is 1. The molecule has 1 N–H and O–H groups in total. The first-order valence-electron chi connectivity index (χ1n) is 11.5. The maximum Gasteiger partial charge on any atom is 0.251 e. The van der Waals surface area contributed by atoms with Gasteiger partial charge in [0.2, 0.25) is 0 Å². The number of nitrogens with one attached hydrogen (secondary N) is 1. The molecule has 2 aromatic carbocycles. The third kappa shape index (κ3) is 6.11. The summed E-state index contributed by atoms with van der Waals surface area (Å²) in [6.45, 7) is 6.72. The Morgan fingerprint density at radius 2 is 2.06 bits per heavy atom. The first kappa shape index (κ1) is 26.9. The van der Waals surface area contributed by atoms with Gasteiger partial charge in [-0.2, -0.15) is 5.26 Å². The summed E-state index contributed by atoms with van der Waals surface area (Å²) in [6, 6.07) is 9.73. The molecular formula is C27H29ClFN5O2. The second kappa shape index (κ2) is 11.8. The van der Waals surface area contributed by atoms with Crippen LogP contribution in [0.25, 0.3) is 10.9 Å². The highest BCUT2D eigenvalue weighted by Gasteiger charge is 2.23. The van der Waals surface area contributed by atoms with E-state index in [-0.39, 0.29) is 22.5 Å². The zero-order valence-electron chi connectivity index (χ0n) is 21.0. The molecule has 9 heteroatoms. The molecule has 0 bridgehead atoms. The molecule has 3 aromatic rings. The number of benzene rings is 2. The van der Waals surface area contributed by atoms with Gasteiger partial charge in [0.25, 0.3) is 5.91 Å². The topological polar surface area (TPSA) is 81.5 Å². The van der Waals surface area contributed by atoms with Crippen LogP contribution in [0.4, 0.5) is 21.5 Å². The molecule has 1 amide bonds. The highest BCUT2D eigenvalue weighted by atomic mass is 35.5. The first-order valence-corrected chi connectivity index (χ1v) is 11.9. The highest BCUT2D eigenvalue weighted by molar-refractivity contribution is 6.31. The van der Waals surface area contributed by atoms with E-state index < -0.39 is 5.82 Å². The quantitative estimate of drug-likeness (QED) is 0.362. The van der Waals surface area contributed by atoms with Crippen LogP contribution in [-0.4, -0.2) is 49.1 Å². The summed E-state index contributed by atoms with van der Waals surface area (Å²) in [4.78, 5) is 21.3. The van der Waals surface area contributed by atoms with Crippen LogP contribution in [0, 0.1) is 17.1 Å². The molecule has 0 aliphatic heterocycles. The van der Waals surface area contributed by atoms with Gasteiger partial charge in [0.05, 0.1) is 34.1 Å². The second-order valence-corrected chi connectivity index (χ2v) is 9.06. The normalized spacial score (nSPS) is 11.3. The summed E-state index contributed by atoms with van der Waals surface area (Å²) < 4.78 is 19.6. The Hall–Kier alpha value is -3.67. The number of likely N-dealkylation sites (N-methyl/N-ethyl adjacent to an activating group) is 1. The van der Waals surface area contributed by atoms with Crippen molar-refractivity contribution in [2.24, 2.45) is 0 Å². The number of anilines is 3. The number of fused-ring (bicyclic) bond motifs is 1.